The molecule has 78 valence electrons. The number of aromatic nitrogens is 3. The van der Waals surface area contributed by atoms with Crippen LogP contribution in [0.3, 0.4) is 0 Å². The van der Waals surface area contributed by atoms with Crippen LogP contribution in [-0.2, 0) is 11.2 Å². The maximum atomic E-state index is 10.5. The van der Waals surface area contributed by atoms with Crippen molar-refractivity contribution in [1.82, 2.24) is 15.2 Å². The average molecular weight is 260 g/mol. The Bertz CT molecular complexity index is 454. The van der Waals surface area contributed by atoms with Gasteiger partial charge in [-0.05, 0) is 23.4 Å². The molecule has 0 atom stereocenters. The summed E-state index contributed by atoms with van der Waals surface area (Å²) < 4.78 is 1.64. The maximum absolute atomic E-state index is 10.5. The van der Waals surface area contributed by atoms with Gasteiger partial charge in [-0.25, -0.2) is 4.98 Å². The first-order valence-electron chi connectivity index (χ1n) is 4.05. The zero-order chi connectivity index (χ0) is 10.7. The Hall–Kier alpha value is -0.850. The second-order valence-corrected chi connectivity index (χ2v) is 5.54. The number of H-pyrrole nitrogens is 1. The number of rotatable bonds is 4. The second kappa shape index (κ2) is 4.78. The van der Waals surface area contributed by atoms with Crippen molar-refractivity contribution in [2.45, 2.75) is 15.8 Å². The first-order chi connectivity index (χ1) is 7.29. The Morgan fingerprint density at radius 2 is 2.53 bits per heavy atom. The summed E-state index contributed by atoms with van der Waals surface area (Å²) in [4.78, 5) is 14.4. The van der Waals surface area contributed by atoms with E-state index >= 15 is 0 Å². The summed E-state index contributed by atoms with van der Waals surface area (Å²) in [5, 5.41) is 7.18. The Morgan fingerprint density at radius 3 is 3.20 bits per heavy atom. The van der Waals surface area contributed by atoms with Gasteiger partial charge in [0.15, 0.2) is 0 Å². The van der Waals surface area contributed by atoms with Crippen molar-refractivity contribution in [1.29, 1.82) is 0 Å². The average Bonchev–Trinajstić information content (AvgIpc) is 2.78. The largest absolute Gasteiger partial charge is 0.303 e. The van der Waals surface area contributed by atoms with Gasteiger partial charge in [0.2, 0.25) is 5.16 Å². The highest BCUT2D eigenvalue weighted by Gasteiger charge is 2.10. The Labute approximate surface area is 99.1 Å². The SMILES string of the molecule is O=CCc1cc(Cl)sc1Sc1nc[nH]n1. The number of hydrogen-bond acceptors (Lipinski definition) is 5. The summed E-state index contributed by atoms with van der Waals surface area (Å²) in [5.41, 5.74) is 0.926. The number of halogens is 1. The van der Waals surface area contributed by atoms with Crippen molar-refractivity contribution in [3.8, 4) is 0 Å². The van der Waals surface area contributed by atoms with E-state index in [0.29, 0.717) is 15.9 Å². The van der Waals surface area contributed by atoms with Crippen LogP contribution in [0.5, 0.6) is 0 Å². The van der Waals surface area contributed by atoms with Crippen LogP contribution in [0.15, 0.2) is 21.8 Å². The molecule has 15 heavy (non-hydrogen) atoms. The maximum Gasteiger partial charge on any atom is 0.213 e. The van der Waals surface area contributed by atoms with E-state index in [4.69, 9.17) is 11.6 Å². The normalized spacial score (nSPS) is 10.5. The van der Waals surface area contributed by atoms with E-state index in [2.05, 4.69) is 15.2 Å². The molecule has 0 saturated heterocycles. The van der Waals surface area contributed by atoms with E-state index in [0.717, 1.165) is 16.1 Å². The van der Waals surface area contributed by atoms with Gasteiger partial charge in [0.05, 0.1) is 8.55 Å². The molecule has 0 fully saturated rings. The van der Waals surface area contributed by atoms with Crippen LogP contribution < -0.4 is 0 Å². The molecule has 7 heteroatoms. The lowest BCUT2D eigenvalue weighted by Crippen LogP contribution is -1.84. The van der Waals surface area contributed by atoms with Crippen LogP contribution >= 0.6 is 34.7 Å². The summed E-state index contributed by atoms with van der Waals surface area (Å²) in [7, 11) is 0. The molecule has 0 bridgehead atoms. The van der Waals surface area contributed by atoms with Gasteiger partial charge in [-0.15, -0.1) is 16.4 Å². The second-order valence-electron chi connectivity index (χ2n) is 2.62. The molecule has 0 amide bonds. The van der Waals surface area contributed by atoms with E-state index in [1.54, 1.807) is 6.07 Å². The highest BCUT2D eigenvalue weighted by atomic mass is 35.5. The van der Waals surface area contributed by atoms with Gasteiger partial charge in [-0.3, -0.25) is 5.10 Å². The van der Waals surface area contributed by atoms with Crippen LogP contribution in [0.25, 0.3) is 0 Å². The minimum absolute atomic E-state index is 0.371. The van der Waals surface area contributed by atoms with Crippen LogP contribution in [0, 0.1) is 0 Å². The lowest BCUT2D eigenvalue weighted by Gasteiger charge is -1.94. The van der Waals surface area contributed by atoms with Crippen LogP contribution in [0.1, 0.15) is 5.56 Å². The van der Waals surface area contributed by atoms with Crippen LogP contribution in [-0.4, -0.2) is 21.5 Å². The molecule has 2 rings (SSSR count). The summed E-state index contributed by atoms with van der Waals surface area (Å²) in [5.74, 6) is 0. The van der Waals surface area contributed by atoms with E-state index in [1.165, 1.54) is 29.4 Å². The summed E-state index contributed by atoms with van der Waals surface area (Å²) in [6, 6.07) is 1.80. The third kappa shape index (κ3) is 2.58. The predicted octanol–water partition coefficient (Wildman–Crippen LogP) is 2.41. The Kier molecular flexibility index (Phi) is 3.40. The number of thiophene rings is 1. The standard InChI is InChI=1S/C8H6ClN3OS2/c9-6-3-5(1-2-13)7(14-6)15-8-10-4-11-12-8/h2-4H,1H2,(H,10,11,12). The van der Waals surface area contributed by atoms with Gasteiger partial charge in [0, 0.05) is 6.42 Å². The molecule has 0 aliphatic carbocycles. The molecule has 0 aromatic carbocycles. The lowest BCUT2D eigenvalue weighted by atomic mass is 10.3. The lowest BCUT2D eigenvalue weighted by molar-refractivity contribution is -0.107. The van der Waals surface area contributed by atoms with Crippen molar-refractivity contribution in [3.63, 3.8) is 0 Å². The molecule has 0 unspecified atom stereocenters. The van der Waals surface area contributed by atoms with E-state index in [1.807, 2.05) is 0 Å². The smallest absolute Gasteiger partial charge is 0.213 e. The predicted molar refractivity (Wildman–Crippen MR) is 59.6 cm³/mol. The molecule has 2 aromatic rings. The molecule has 1 N–H and O–H groups in total. The van der Waals surface area contributed by atoms with Crippen LogP contribution in [0.2, 0.25) is 4.34 Å². The van der Waals surface area contributed by atoms with Gasteiger partial charge >= 0.3 is 0 Å². The number of nitrogens with one attached hydrogen (secondary N) is 1. The first kappa shape index (κ1) is 10.7. The molecule has 2 heterocycles. The van der Waals surface area contributed by atoms with Gasteiger partial charge in [0.25, 0.3) is 0 Å². The molecule has 2 aromatic heterocycles. The fourth-order valence-corrected chi connectivity index (χ4v) is 3.48. The van der Waals surface area contributed by atoms with Crippen molar-refractivity contribution >= 4 is 41.0 Å². The molecular weight excluding hydrogens is 254 g/mol. The third-order valence-electron chi connectivity index (χ3n) is 1.62. The van der Waals surface area contributed by atoms with Gasteiger partial charge in [-0.2, -0.15) is 0 Å². The first-order valence-corrected chi connectivity index (χ1v) is 6.06. The number of carbonyl (C=O) groups is 1. The molecule has 0 aliphatic heterocycles. The van der Waals surface area contributed by atoms with Crippen molar-refractivity contribution in [3.05, 3.63) is 22.3 Å². The number of hydrogen-bond donors (Lipinski definition) is 1. The minimum Gasteiger partial charge on any atom is -0.303 e. The molecule has 0 spiro atoms. The third-order valence-corrected chi connectivity index (χ3v) is 4.05. The van der Waals surface area contributed by atoms with Crippen molar-refractivity contribution < 1.29 is 4.79 Å². The van der Waals surface area contributed by atoms with E-state index < -0.39 is 0 Å². The fourth-order valence-electron chi connectivity index (χ4n) is 1.03. The summed E-state index contributed by atoms with van der Waals surface area (Å²) in [6.45, 7) is 0. The number of nitrogens with zero attached hydrogens (tertiary/aromatic N) is 2. The van der Waals surface area contributed by atoms with Gasteiger partial charge < -0.3 is 4.79 Å². The number of aldehydes is 1. The van der Waals surface area contributed by atoms with E-state index in [9.17, 15) is 4.79 Å². The Morgan fingerprint density at radius 1 is 1.67 bits per heavy atom. The monoisotopic (exact) mass is 259 g/mol. The molecule has 0 saturated carbocycles. The zero-order valence-electron chi connectivity index (χ0n) is 7.44. The zero-order valence-corrected chi connectivity index (χ0v) is 9.83. The van der Waals surface area contributed by atoms with Crippen molar-refractivity contribution in [2.24, 2.45) is 0 Å². The molecule has 4 nitrogen and oxygen atoms in total. The number of aromatic amines is 1. The Balaban J connectivity index is 2.23. The van der Waals surface area contributed by atoms with Gasteiger partial charge in [0.1, 0.15) is 12.6 Å². The fraction of sp³-hybridized carbons (Fsp3) is 0.125. The number of carbonyl (C=O) groups excluding carboxylic acids is 1. The highest BCUT2D eigenvalue weighted by molar-refractivity contribution is 8.01. The summed E-state index contributed by atoms with van der Waals surface area (Å²) in [6.07, 6.45) is 2.74. The minimum atomic E-state index is 0.371. The molecule has 0 aliphatic rings. The molecule has 0 radical (unpaired) electrons. The highest BCUT2D eigenvalue weighted by Crippen LogP contribution is 2.37. The van der Waals surface area contributed by atoms with Crippen molar-refractivity contribution in [2.75, 3.05) is 0 Å². The topological polar surface area (TPSA) is 58.6 Å². The quantitative estimate of drug-likeness (QED) is 0.857. The molecular formula is C8H6ClN3OS2. The summed E-state index contributed by atoms with van der Waals surface area (Å²) >= 11 is 8.71. The van der Waals surface area contributed by atoms with Gasteiger partial charge in [-0.1, -0.05) is 11.6 Å². The van der Waals surface area contributed by atoms with E-state index in [-0.39, 0.29) is 0 Å². The van der Waals surface area contributed by atoms with Crippen LogP contribution in [0.4, 0.5) is 0 Å².